The van der Waals surface area contributed by atoms with Gasteiger partial charge in [-0.3, -0.25) is 0 Å². The molecule has 0 rings (SSSR count). The predicted octanol–water partition coefficient (Wildman–Crippen LogP) is -2.89. The standard InChI is InChI=1S/Er.Li.Lu.Rh.Zn.H/q;+1;;;;-1. The molecule has 0 aromatic rings. The second-order valence-electron chi connectivity index (χ2n) is 0. The summed E-state index contributed by atoms with van der Waals surface area (Å²) in [4.78, 5) is 0. The van der Waals surface area contributed by atoms with Gasteiger partial charge in [-0.2, -0.15) is 0 Å². The van der Waals surface area contributed by atoms with Crippen molar-refractivity contribution in [2.24, 2.45) is 0 Å². The van der Waals surface area contributed by atoms with Crippen LogP contribution < -0.4 is 18.9 Å². The monoisotopic (exact) mass is 516 g/mol. The van der Waals surface area contributed by atoms with Crippen molar-refractivity contribution in [3.05, 3.63) is 0 Å². The number of rotatable bonds is 0. The molecule has 0 unspecified atom stereocenters. The van der Waals surface area contributed by atoms with Crippen LogP contribution in [0.1, 0.15) is 1.43 Å². The predicted molar refractivity (Wildman–Crippen MR) is 1.11 cm³/mol. The van der Waals surface area contributed by atoms with Crippen LogP contribution in [0.25, 0.3) is 0 Å². The molecule has 0 aliphatic carbocycles. The summed E-state index contributed by atoms with van der Waals surface area (Å²) in [7, 11) is 0. The van der Waals surface area contributed by atoms with E-state index in [1.165, 1.54) is 0 Å². The maximum absolute atomic E-state index is 0. The first-order chi connectivity index (χ1) is 0. The second kappa shape index (κ2) is 23.9. The molecule has 0 aliphatic heterocycles. The maximum Gasteiger partial charge on any atom is 1.00 e. The zero-order valence-corrected chi connectivity index (χ0v) is 10.7. The Hall–Kier alpha value is 4.32. The van der Waals surface area contributed by atoms with E-state index in [1.807, 2.05) is 0 Å². The van der Waals surface area contributed by atoms with E-state index in [0.717, 1.165) is 0 Å². The summed E-state index contributed by atoms with van der Waals surface area (Å²) in [6.07, 6.45) is 0. The minimum Gasteiger partial charge on any atom is -1.00 e. The molecule has 0 heterocycles. The normalized spacial score (nSPS) is 0. The van der Waals surface area contributed by atoms with Gasteiger partial charge in [0.1, 0.15) is 0 Å². The maximum atomic E-state index is 0. The molecule has 40 valence electrons. The fourth-order valence-electron chi connectivity index (χ4n) is 0. The molecule has 0 nitrogen and oxygen atoms in total. The van der Waals surface area contributed by atoms with Crippen molar-refractivity contribution in [2.45, 2.75) is 0 Å². The van der Waals surface area contributed by atoms with Gasteiger partial charge in [0.15, 0.2) is 0 Å². The van der Waals surface area contributed by atoms with Crippen molar-refractivity contribution in [3.8, 4) is 0 Å². The summed E-state index contributed by atoms with van der Waals surface area (Å²) >= 11 is 0. The third-order valence-corrected chi connectivity index (χ3v) is 0. The Balaban J connectivity index is 0. The van der Waals surface area contributed by atoms with Crippen LogP contribution in [-0.2, 0) is 39.0 Å². The first-order valence-corrected chi connectivity index (χ1v) is 0. The molecule has 0 aliphatic rings. The van der Waals surface area contributed by atoms with Gasteiger partial charge in [-0.1, -0.05) is 0 Å². The van der Waals surface area contributed by atoms with E-state index in [1.54, 1.807) is 0 Å². The third-order valence-electron chi connectivity index (χ3n) is 0. The Morgan fingerprint density at radius 3 is 1.20 bits per heavy atom. The van der Waals surface area contributed by atoms with Crippen LogP contribution in [0.4, 0.5) is 0 Å². The van der Waals surface area contributed by atoms with Crippen LogP contribution in [-0.4, -0.2) is 0 Å². The second-order valence-corrected chi connectivity index (χ2v) is 0. The van der Waals surface area contributed by atoms with Crippen molar-refractivity contribution < 1.29 is 133 Å². The van der Waals surface area contributed by atoms with Gasteiger partial charge in [-0.25, -0.2) is 0 Å². The first-order valence-electron chi connectivity index (χ1n) is 0. The minimum atomic E-state index is 0. The molecule has 0 amide bonds. The van der Waals surface area contributed by atoms with Gasteiger partial charge in [-0.05, 0) is 0 Å². The Labute approximate surface area is 130 Å². The molecule has 5 heteroatoms. The van der Waals surface area contributed by atoms with Crippen LogP contribution in [0.5, 0.6) is 0 Å². The summed E-state index contributed by atoms with van der Waals surface area (Å²) in [6.45, 7) is 0. The van der Waals surface area contributed by atoms with E-state index >= 15 is 0 Å². The van der Waals surface area contributed by atoms with Gasteiger partial charge < -0.3 is 1.43 Å². The largest absolute Gasteiger partial charge is 1.00 e. The van der Waals surface area contributed by atoms with Crippen molar-refractivity contribution in [3.63, 3.8) is 0 Å². The molecule has 0 spiro atoms. The fourth-order valence-corrected chi connectivity index (χ4v) is 0. The van der Waals surface area contributed by atoms with Gasteiger partial charge in [-0.15, -0.1) is 0 Å². The van der Waals surface area contributed by atoms with E-state index < -0.39 is 0 Å². The van der Waals surface area contributed by atoms with E-state index in [0.29, 0.717) is 0 Å². The molecular formula is HErLiLuRhZn. The van der Waals surface area contributed by atoms with E-state index in [-0.39, 0.29) is 133 Å². The Bertz CT molecular complexity index is 15.5. The van der Waals surface area contributed by atoms with Crippen molar-refractivity contribution >= 4 is 0 Å². The van der Waals surface area contributed by atoms with E-state index in [2.05, 4.69) is 0 Å². The van der Waals surface area contributed by atoms with Crippen molar-refractivity contribution in [1.29, 1.82) is 0 Å². The van der Waals surface area contributed by atoms with Gasteiger partial charge in [0.2, 0.25) is 0 Å². The quantitative estimate of drug-likeness (QED) is 0.303. The van der Waals surface area contributed by atoms with Gasteiger partial charge in [0.05, 0.1) is 0 Å². The summed E-state index contributed by atoms with van der Waals surface area (Å²) in [5, 5.41) is 0. The van der Waals surface area contributed by atoms with Crippen LogP contribution >= 0.6 is 0 Å². The Morgan fingerprint density at radius 2 is 1.20 bits per heavy atom. The number of hydrogen-bond donors (Lipinski definition) is 0. The summed E-state index contributed by atoms with van der Waals surface area (Å²) in [5.41, 5.74) is 0. The smallest absolute Gasteiger partial charge is 1.00 e. The fraction of sp³-hybridized carbons (Fsp3) is 0. The van der Waals surface area contributed by atoms with Gasteiger partial charge >= 0.3 is 18.9 Å². The minimum absolute atomic E-state index is 0. The topological polar surface area (TPSA) is 0 Å². The summed E-state index contributed by atoms with van der Waals surface area (Å²) < 4.78 is 0. The molecule has 2 radical (unpaired) electrons. The third kappa shape index (κ3) is 17.8. The average Bonchev–Trinajstić information content (AvgIpc) is 0. The zero-order chi connectivity index (χ0) is 0. The Kier molecular flexibility index (Phi) is 165. The molecule has 0 saturated heterocycles. The van der Waals surface area contributed by atoms with Crippen molar-refractivity contribution in [1.82, 2.24) is 0 Å². The Morgan fingerprint density at radius 1 is 1.20 bits per heavy atom. The molecule has 0 fully saturated rings. The van der Waals surface area contributed by atoms with E-state index in [4.69, 9.17) is 0 Å². The van der Waals surface area contributed by atoms with Crippen LogP contribution in [0, 0.1) is 74.2 Å². The zero-order valence-electron chi connectivity index (χ0n) is 3.59. The molecule has 0 bridgehead atoms. The first kappa shape index (κ1) is 34.6. The average molecular weight is 518 g/mol. The van der Waals surface area contributed by atoms with Crippen LogP contribution in [0.15, 0.2) is 0 Å². The molecule has 0 saturated carbocycles. The molecule has 0 aromatic heterocycles. The summed E-state index contributed by atoms with van der Waals surface area (Å²) in [5.74, 6) is 0. The molecule has 0 atom stereocenters. The molecule has 0 aromatic carbocycles. The number of hydrogen-bond acceptors (Lipinski definition) is 0. The SMILES string of the molecule is [Er].[H-].[Li+].[Lu].[Rh].[Zn]. The molecule has 5 heavy (non-hydrogen) atoms. The van der Waals surface area contributed by atoms with Gasteiger partial charge in [0.25, 0.3) is 0 Å². The molecule has 0 N–H and O–H groups in total. The summed E-state index contributed by atoms with van der Waals surface area (Å²) in [6, 6.07) is 0. The molecular weight excluding hydrogens is 517 g/mol. The van der Waals surface area contributed by atoms with E-state index in [9.17, 15) is 0 Å². The van der Waals surface area contributed by atoms with Crippen LogP contribution in [0.2, 0.25) is 0 Å². The van der Waals surface area contributed by atoms with Crippen molar-refractivity contribution in [2.75, 3.05) is 0 Å². The van der Waals surface area contributed by atoms with Crippen LogP contribution in [0.3, 0.4) is 0 Å². The van der Waals surface area contributed by atoms with Gasteiger partial charge in [0, 0.05) is 113 Å².